The predicted molar refractivity (Wildman–Crippen MR) is 72.8 cm³/mol. The highest BCUT2D eigenvalue weighted by Crippen LogP contribution is 2.21. The molecule has 1 heterocycles. The van der Waals surface area contributed by atoms with Crippen LogP contribution >= 0.6 is 27.3 Å². The lowest BCUT2D eigenvalue weighted by Crippen LogP contribution is -1.94. The molecule has 0 radical (unpaired) electrons. The Morgan fingerprint density at radius 2 is 2.19 bits per heavy atom. The SMILES string of the molecule is Cc1sc(N)nc1CCc1cccc(Br)c1. The first kappa shape index (κ1) is 11.6. The summed E-state index contributed by atoms with van der Waals surface area (Å²) < 4.78 is 1.12. The summed E-state index contributed by atoms with van der Waals surface area (Å²) in [6.45, 7) is 2.07. The fourth-order valence-electron chi connectivity index (χ4n) is 1.64. The topological polar surface area (TPSA) is 38.9 Å². The molecule has 2 rings (SSSR count). The van der Waals surface area contributed by atoms with Gasteiger partial charge >= 0.3 is 0 Å². The average Bonchev–Trinajstić information content (AvgIpc) is 2.54. The third kappa shape index (κ3) is 2.83. The molecule has 0 aliphatic heterocycles. The Morgan fingerprint density at radius 3 is 2.81 bits per heavy atom. The van der Waals surface area contributed by atoms with Crippen molar-refractivity contribution in [1.29, 1.82) is 0 Å². The van der Waals surface area contributed by atoms with E-state index >= 15 is 0 Å². The minimum Gasteiger partial charge on any atom is -0.375 e. The van der Waals surface area contributed by atoms with E-state index in [9.17, 15) is 0 Å². The first-order valence-corrected chi connectivity index (χ1v) is 6.72. The largest absolute Gasteiger partial charge is 0.375 e. The standard InChI is InChI=1S/C12H13BrN2S/c1-8-11(15-12(14)16-8)6-5-9-3-2-4-10(13)7-9/h2-4,7H,5-6H2,1H3,(H2,14,15). The van der Waals surface area contributed by atoms with Gasteiger partial charge in [0.2, 0.25) is 0 Å². The normalized spacial score (nSPS) is 10.6. The maximum absolute atomic E-state index is 5.67. The number of nitrogens with zero attached hydrogens (tertiary/aromatic N) is 1. The van der Waals surface area contributed by atoms with Crippen LogP contribution in [0.4, 0.5) is 5.13 Å². The van der Waals surface area contributed by atoms with Gasteiger partial charge in [0.15, 0.2) is 5.13 Å². The summed E-state index contributed by atoms with van der Waals surface area (Å²) in [7, 11) is 0. The Labute approximate surface area is 108 Å². The molecule has 0 atom stereocenters. The summed E-state index contributed by atoms with van der Waals surface area (Å²) in [6, 6.07) is 8.37. The molecular weight excluding hydrogens is 284 g/mol. The molecule has 0 fully saturated rings. The van der Waals surface area contributed by atoms with E-state index in [-0.39, 0.29) is 0 Å². The molecule has 0 spiro atoms. The van der Waals surface area contributed by atoms with Crippen LogP contribution in [0.1, 0.15) is 16.1 Å². The van der Waals surface area contributed by atoms with Gasteiger partial charge in [0.05, 0.1) is 5.69 Å². The van der Waals surface area contributed by atoms with E-state index in [0.29, 0.717) is 5.13 Å². The number of hydrogen-bond donors (Lipinski definition) is 1. The summed E-state index contributed by atoms with van der Waals surface area (Å²) in [4.78, 5) is 5.56. The number of nitrogens with two attached hydrogens (primary N) is 1. The number of thiazole rings is 1. The van der Waals surface area contributed by atoms with E-state index in [2.05, 4.69) is 46.0 Å². The second-order valence-electron chi connectivity index (χ2n) is 3.68. The van der Waals surface area contributed by atoms with Gasteiger partial charge in [0, 0.05) is 9.35 Å². The van der Waals surface area contributed by atoms with E-state index in [1.807, 2.05) is 6.07 Å². The molecule has 0 saturated carbocycles. The molecule has 0 bridgehead atoms. The molecule has 1 aromatic carbocycles. The van der Waals surface area contributed by atoms with Crippen LogP contribution in [0.25, 0.3) is 0 Å². The monoisotopic (exact) mass is 296 g/mol. The van der Waals surface area contributed by atoms with Crippen LogP contribution in [-0.4, -0.2) is 4.98 Å². The zero-order valence-corrected chi connectivity index (χ0v) is 11.4. The zero-order valence-electron chi connectivity index (χ0n) is 9.03. The van der Waals surface area contributed by atoms with Gasteiger partial charge < -0.3 is 5.73 Å². The maximum atomic E-state index is 5.67. The van der Waals surface area contributed by atoms with Crippen LogP contribution in [0.3, 0.4) is 0 Å². The van der Waals surface area contributed by atoms with Crippen LogP contribution < -0.4 is 5.73 Å². The molecule has 0 unspecified atom stereocenters. The second kappa shape index (κ2) is 4.97. The molecule has 16 heavy (non-hydrogen) atoms. The summed E-state index contributed by atoms with van der Waals surface area (Å²) in [5.41, 5.74) is 8.12. The molecular formula is C12H13BrN2S. The van der Waals surface area contributed by atoms with Crippen LogP contribution in [0.15, 0.2) is 28.7 Å². The van der Waals surface area contributed by atoms with Gasteiger partial charge in [0.1, 0.15) is 0 Å². The van der Waals surface area contributed by atoms with Crippen LogP contribution in [0.5, 0.6) is 0 Å². The van der Waals surface area contributed by atoms with E-state index in [0.717, 1.165) is 23.0 Å². The van der Waals surface area contributed by atoms with Crippen molar-refractivity contribution in [2.24, 2.45) is 0 Å². The number of anilines is 1. The number of halogens is 1. The summed E-state index contributed by atoms with van der Waals surface area (Å²) in [5.74, 6) is 0. The van der Waals surface area contributed by atoms with Gasteiger partial charge in [-0.1, -0.05) is 28.1 Å². The van der Waals surface area contributed by atoms with Crippen molar-refractivity contribution in [2.75, 3.05) is 5.73 Å². The summed E-state index contributed by atoms with van der Waals surface area (Å²) in [5, 5.41) is 0.668. The van der Waals surface area contributed by atoms with Crippen LogP contribution in [0.2, 0.25) is 0 Å². The Bertz CT molecular complexity index is 494. The van der Waals surface area contributed by atoms with Crippen LogP contribution in [-0.2, 0) is 12.8 Å². The number of aromatic nitrogens is 1. The van der Waals surface area contributed by atoms with Crippen molar-refractivity contribution < 1.29 is 0 Å². The molecule has 0 aliphatic rings. The molecule has 2 nitrogen and oxygen atoms in total. The maximum Gasteiger partial charge on any atom is 0.180 e. The smallest absolute Gasteiger partial charge is 0.180 e. The van der Waals surface area contributed by atoms with E-state index in [4.69, 9.17) is 5.73 Å². The van der Waals surface area contributed by atoms with E-state index in [1.54, 1.807) is 11.3 Å². The Balaban J connectivity index is 2.05. The highest BCUT2D eigenvalue weighted by atomic mass is 79.9. The highest BCUT2D eigenvalue weighted by Gasteiger charge is 2.05. The van der Waals surface area contributed by atoms with Crippen molar-refractivity contribution in [2.45, 2.75) is 19.8 Å². The number of rotatable bonds is 3. The van der Waals surface area contributed by atoms with Crippen molar-refractivity contribution in [3.63, 3.8) is 0 Å². The second-order valence-corrected chi connectivity index (χ2v) is 5.84. The lowest BCUT2D eigenvalue weighted by molar-refractivity contribution is 0.917. The molecule has 4 heteroatoms. The van der Waals surface area contributed by atoms with Crippen molar-refractivity contribution in [3.05, 3.63) is 44.9 Å². The minimum absolute atomic E-state index is 0.668. The Kier molecular flexibility index (Phi) is 3.61. The highest BCUT2D eigenvalue weighted by molar-refractivity contribution is 9.10. The zero-order chi connectivity index (χ0) is 11.5. The summed E-state index contributed by atoms with van der Waals surface area (Å²) >= 11 is 5.04. The van der Waals surface area contributed by atoms with Gasteiger partial charge in [-0.3, -0.25) is 0 Å². The lowest BCUT2D eigenvalue weighted by Gasteiger charge is -2.01. The predicted octanol–water partition coefficient (Wildman–Crippen LogP) is 3.58. The van der Waals surface area contributed by atoms with Crippen molar-refractivity contribution >= 4 is 32.4 Å². The first-order valence-electron chi connectivity index (χ1n) is 5.11. The average molecular weight is 297 g/mol. The number of aryl methyl sites for hydroxylation is 3. The van der Waals surface area contributed by atoms with E-state index < -0.39 is 0 Å². The van der Waals surface area contributed by atoms with E-state index in [1.165, 1.54) is 10.4 Å². The first-order chi connectivity index (χ1) is 7.65. The van der Waals surface area contributed by atoms with Gasteiger partial charge in [-0.2, -0.15) is 0 Å². The fraction of sp³-hybridized carbons (Fsp3) is 0.250. The fourth-order valence-corrected chi connectivity index (χ4v) is 2.82. The third-order valence-corrected chi connectivity index (χ3v) is 3.78. The molecule has 1 aromatic heterocycles. The quantitative estimate of drug-likeness (QED) is 0.940. The molecule has 0 saturated heterocycles. The van der Waals surface area contributed by atoms with Crippen molar-refractivity contribution in [3.8, 4) is 0 Å². The number of benzene rings is 1. The number of nitrogen functional groups attached to an aromatic ring is 1. The Morgan fingerprint density at radius 1 is 1.38 bits per heavy atom. The minimum atomic E-state index is 0.668. The third-order valence-electron chi connectivity index (χ3n) is 2.45. The molecule has 2 aromatic rings. The molecule has 0 aliphatic carbocycles. The van der Waals surface area contributed by atoms with Gasteiger partial charge in [-0.25, -0.2) is 4.98 Å². The van der Waals surface area contributed by atoms with Crippen molar-refractivity contribution in [1.82, 2.24) is 4.98 Å². The van der Waals surface area contributed by atoms with Crippen LogP contribution in [0, 0.1) is 6.92 Å². The lowest BCUT2D eigenvalue weighted by atomic mass is 10.1. The van der Waals surface area contributed by atoms with Gasteiger partial charge in [0.25, 0.3) is 0 Å². The number of hydrogen-bond acceptors (Lipinski definition) is 3. The van der Waals surface area contributed by atoms with Gasteiger partial charge in [-0.15, -0.1) is 11.3 Å². The molecule has 0 amide bonds. The summed E-state index contributed by atoms with van der Waals surface area (Å²) in [6.07, 6.45) is 1.96. The Hall–Kier alpha value is -0.870. The molecule has 2 N–H and O–H groups in total. The molecule has 84 valence electrons. The van der Waals surface area contributed by atoms with Gasteiger partial charge in [-0.05, 0) is 37.5 Å².